The molecule has 0 atom stereocenters. The highest BCUT2D eigenvalue weighted by atomic mass is 16.5. The molecule has 0 fully saturated rings. The second-order valence-corrected chi connectivity index (χ2v) is 5.17. The Morgan fingerprint density at radius 3 is 2.73 bits per heavy atom. The van der Waals surface area contributed by atoms with Crippen LogP contribution in [0.1, 0.15) is 17.7 Å². The van der Waals surface area contributed by atoms with Gasteiger partial charge in [-0.2, -0.15) is 0 Å². The summed E-state index contributed by atoms with van der Waals surface area (Å²) in [6.07, 6.45) is 0.388. The molecule has 1 amide bonds. The van der Waals surface area contributed by atoms with E-state index in [9.17, 15) is 4.79 Å². The monoisotopic (exact) mass is 302 g/mol. The molecule has 0 aliphatic rings. The van der Waals surface area contributed by atoms with Crippen LogP contribution in [0.15, 0.2) is 40.9 Å². The zero-order valence-electron chi connectivity index (χ0n) is 12.8. The lowest BCUT2D eigenvalue weighted by molar-refractivity contribution is -0.116. The Kier molecular flexibility index (Phi) is 6.12. The molecule has 1 aromatic heterocycles. The Bertz CT molecular complexity index is 583. The predicted octanol–water partition coefficient (Wildman–Crippen LogP) is 1.77. The maximum absolute atomic E-state index is 11.9. The van der Waals surface area contributed by atoms with Crippen molar-refractivity contribution in [2.24, 2.45) is 5.73 Å². The minimum atomic E-state index is -0.0802. The van der Waals surface area contributed by atoms with Crippen molar-refractivity contribution < 1.29 is 9.32 Å². The number of aromatic nitrogens is 1. The summed E-state index contributed by atoms with van der Waals surface area (Å²) >= 11 is 0. The lowest BCUT2D eigenvalue weighted by Gasteiger charge is -2.21. The molecule has 22 heavy (non-hydrogen) atoms. The first-order chi connectivity index (χ1) is 10.7. The van der Waals surface area contributed by atoms with E-state index in [4.69, 9.17) is 10.3 Å². The van der Waals surface area contributed by atoms with Gasteiger partial charge in [-0.25, -0.2) is 0 Å². The first kappa shape index (κ1) is 16.2. The van der Waals surface area contributed by atoms with Crippen LogP contribution in [-0.2, 0) is 11.3 Å². The van der Waals surface area contributed by atoms with Gasteiger partial charge >= 0.3 is 0 Å². The number of carbonyl (C=O) groups is 1. The molecule has 0 saturated carbocycles. The van der Waals surface area contributed by atoms with E-state index < -0.39 is 0 Å². The van der Waals surface area contributed by atoms with Crippen molar-refractivity contribution in [1.82, 2.24) is 10.1 Å². The zero-order valence-corrected chi connectivity index (χ0v) is 12.8. The fourth-order valence-corrected chi connectivity index (χ4v) is 2.18. The molecular weight excluding hydrogens is 280 g/mol. The molecule has 118 valence electrons. The third-order valence-corrected chi connectivity index (χ3v) is 3.24. The lowest BCUT2D eigenvalue weighted by Crippen LogP contribution is -2.32. The highest BCUT2D eigenvalue weighted by molar-refractivity contribution is 5.89. The van der Waals surface area contributed by atoms with Crippen molar-refractivity contribution in [3.8, 4) is 0 Å². The van der Waals surface area contributed by atoms with Gasteiger partial charge in [-0.3, -0.25) is 9.69 Å². The largest absolute Gasteiger partial charge is 0.360 e. The fourth-order valence-electron chi connectivity index (χ4n) is 2.18. The SMILES string of the molecule is Cc1cc(NC(=O)CCN(CCN)Cc2ccccc2)no1. The molecule has 0 saturated heterocycles. The van der Waals surface area contributed by atoms with Gasteiger partial charge in [-0.15, -0.1) is 0 Å². The maximum Gasteiger partial charge on any atom is 0.226 e. The van der Waals surface area contributed by atoms with E-state index in [0.29, 0.717) is 31.1 Å². The minimum Gasteiger partial charge on any atom is -0.360 e. The van der Waals surface area contributed by atoms with Crippen molar-refractivity contribution in [1.29, 1.82) is 0 Å². The topological polar surface area (TPSA) is 84.4 Å². The van der Waals surface area contributed by atoms with Gasteiger partial charge in [0.2, 0.25) is 5.91 Å². The Morgan fingerprint density at radius 1 is 1.32 bits per heavy atom. The van der Waals surface area contributed by atoms with E-state index in [0.717, 1.165) is 13.1 Å². The summed E-state index contributed by atoms with van der Waals surface area (Å²) in [7, 11) is 0. The third kappa shape index (κ3) is 5.31. The van der Waals surface area contributed by atoms with Gasteiger partial charge in [0.15, 0.2) is 5.82 Å². The number of nitrogens with one attached hydrogen (secondary N) is 1. The summed E-state index contributed by atoms with van der Waals surface area (Å²) in [5.41, 5.74) is 6.86. The number of hydrogen-bond acceptors (Lipinski definition) is 5. The van der Waals surface area contributed by atoms with Crippen LogP contribution in [-0.4, -0.2) is 35.6 Å². The molecule has 6 heteroatoms. The van der Waals surface area contributed by atoms with E-state index in [-0.39, 0.29) is 5.91 Å². The summed E-state index contributed by atoms with van der Waals surface area (Å²) in [6.45, 7) is 4.54. The summed E-state index contributed by atoms with van der Waals surface area (Å²) in [5.74, 6) is 1.04. The van der Waals surface area contributed by atoms with E-state index >= 15 is 0 Å². The van der Waals surface area contributed by atoms with Crippen LogP contribution in [0.3, 0.4) is 0 Å². The molecule has 0 aliphatic carbocycles. The minimum absolute atomic E-state index is 0.0802. The summed E-state index contributed by atoms with van der Waals surface area (Å²) in [5, 5.41) is 6.47. The normalized spacial score (nSPS) is 10.9. The lowest BCUT2D eigenvalue weighted by atomic mass is 10.2. The number of carbonyl (C=O) groups excluding carboxylic acids is 1. The van der Waals surface area contributed by atoms with Crippen molar-refractivity contribution in [3.05, 3.63) is 47.7 Å². The molecule has 0 bridgehead atoms. The molecular formula is C16H22N4O2. The average Bonchev–Trinajstić information content (AvgIpc) is 2.91. The van der Waals surface area contributed by atoms with Crippen molar-refractivity contribution in [2.75, 3.05) is 25.0 Å². The number of nitrogens with two attached hydrogens (primary N) is 1. The molecule has 0 spiro atoms. The Morgan fingerprint density at radius 2 is 2.09 bits per heavy atom. The number of anilines is 1. The maximum atomic E-state index is 11.9. The number of aryl methyl sites for hydroxylation is 1. The van der Waals surface area contributed by atoms with Crippen LogP contribution in [0.25, 0.3) is 0 Å². The van der Waals surface area contributed by atoms with E-state index in [2.05, 4.69) is 27.5 Å². The molecule has 2 rings (SSSR count). The highest BCUT2D eigenvalue weighted by Crippen LogP contribution is 2.08. The van der Waals surface area contributed by atoms with Crippen molar-refractivity contribution >= 4 is 11.7 Å². The van der Waals surface area contributed by atoms with Crippen LogP contribution in [0.4, 0.5) is 5.82 Å². The number of rotatable bonds is 8. The Hall–Kier alpha value is -2.18. The van der Waals surface area contributed by atoms with Gasteiger partial charge in [-0.1, -0.05) is 35.5 Å². The summed E-state index contributed by atoms with van der Waals surface area (Å²) in [4.78, 5) is 14.1. The van der Waals surface area contributed by atoms with Crippen LogP contribution in [0, 0.1) is 6.92 Å². The van der Waals surface area contributed by atoms with Gasteiger partial charge in [0.05, 0.1) is 0 Å². The van der Waals surface area contributed by atoms with Gasteiger partial charge in [0.1, 0.15) is 5.76 Å². The van der Waals surface area contributed by atoms with Gasteiger partial charge in [-0.05, 0) is 12.5 Å². The van der Waals surface area contributed by atoms with Gasteiger partial charge in [0.25, 0.3) is 0 Å². The van der Waals surface area contributed by atoms with Gasteiger partial charge in [0, 0.05) is 38.7 Å². The Balaban J connectivity index is 1.81. The standard InChI is InChI=1S/C16H22N4O2/c1-13-11-15(19-22-13)18-16(21)7-9-20(10-8-17)12-14-5-3-2-4-6-14/h2-6,11H,7-10,12,17H2,1H3,(H,18,19,21). The predicted molar refractivity (Wildman–Crippen MR) is 85.3 cm³/mol. The molecule has 0 aliphatic heterocycles. The first-order valence-corrected chi connectivity index (χ1v) is 7.37. The van der Waals surface area contributed by atoms with Crippen LogP contribution in [0.2, 0.25) is 0 Å². The van der Waals surface area contributed by atoms with Crippen LogP contribution >= 0.6 is 0 Å². The van der Waals surface area contributed by atoms with Crippen molar-refractivity contribution in [3.63, 3.8) is 0 Å². The molecule has 1 heterocycles. The third-order valence-electron chi connectivity index (χ3n) is 3.24. The first-order valence-electron chi connectivity index (χ1n) is 7.37. The number of nitrogens with zero attached hydrogens (tertiary/aromatic N) is 2. The smallest absolute Gasteiger partial charge is 0.226 e. The van der Waals surface area contributed by atoms with E-state index in [1.807, 2.05) is 18.2 Å². The van der Waals surface area contributed by atoms with E-state index in [1.54, 1.807) is 13.0 Å². The second-order valence-electron chi connectivity index (χ2n) is 5.17. The molecule has 6 nitrogen and oxygen atoms in total. The molecule has 1 aromatic carbocycles. The summed E-state index contributed by atoms with van der Waals surface area (Å²) in [6, 6.07) is 11.8. The molecule has 3 N–H and O–H groups in total. The molecule has 0 radical (unpaired) electrons. The van der Waals surface area contributed by atoms with Crippen LogP contribution in [0.5, 0.6) is 0 Å². The average molecular weight is 302 g/mol. The number of amides is 1. The van der Waals surface area contributed by atoms with Gasteiger partial charge < -0.3 is 15.6 Å². The molecule has 0 unspecified atom stereocenters. The number of hydrogen-bond donors (Lipinski definition) is 2. The quantitative estimate of drug-likeness (QED) is 0.776. The van der Waals surface area contributed by atoms with Crippen LogP contribution < -0.4 is 11.1 Å². The summed E-state index contributed by atoms with van der Waals surface area (Å²) < 4.78 is 4.92. The highest BCUT2D eigenvalue weighted by Gasteiger charge is 2.10. The Labute approximate surface area is 130 Å². The fraction of sp³-hybridized carbons (Fsp3) is 0.375. The second kappa shape index (κ2) is 8.31. The zero-order chi connectivity index (χ0) is 15.8. The molecule has 2 aromatic rings. The number of benzene rings is 1. The van der Waals surface area contributed by atoms with E-state index in [1.165, 1.54) is 5.56 Å². The van der Waals surface area contributed by atoms with Crippen molar-refractivity contribution in [2.45, 2.75) is 19.9 Å².